The molecular formula is C36H53Cl3N2O4. The number of ether oxygens (including phenoxy) is 2. The van der Waals surface area contributed by atoms with E-state index in [1.807, 2.05) is 36.4 Å². The summed E-state index contributed by atoms with van der Waals surface area (Å²) in [5.41, 5.74) is 3.30. The zero-order valence-corrected chi connectivity index (χ0v) is 29.4. The third-order valence-electron chi connectivity index (χ3n) is 8.43. The number of rotatable bonds is 20. The van der Waals surface area contributed by atoms with Gasteiger partial charge in [-0.15, -0.1) is 0 Å². The summed E-state index contributed by atoms with van der Waals surface area (Å²) >= 11 is 17.2. The molecule has 3 rings (SSSR count). The van der Waals surface area contributed by atoms with Crippen LogP contribution in [0.1, 0.15) is 126 Å². The van der Waals surface area contributed by atoms with Gasteiger partial charge in [0.2, 0.25) is 0 Å². The Kier molecular flexibility index (Phi) is 17.6. The van der Waals surface area contributed by atoms with E-state index in [2.05, 4.69) is 24.1 Å². The van der Waals surface area contributed by atoms with Gasteiger partial charge in [-0.25, -0.2) is 0 Å². The molecule has 6 nitrogen and oxygen atoms in total. The van der Waals surface area contributed by atoms with E-state index in [-0.39, 0.29) is 18.8 Å². The van der Waals surface area contributed by atoms with Crippen molar-refractivity contribution < 1.29 is 19.4 Å². The van der Waals surface area contributed by atoms with Crippen LogP contribution in [0.3, 0.4) is 0 Å². The Labute approximate surface area is 286 Å². The second-order valence-corrected chi connectivity index (χ2v) is 14.5. The number of anilines is 1. The highest BCUT2D eigenvalue weighted by molar-refractivity contribution is 6.76. The molecule has 1 heterocycles. The number of nitrogens with zero attached hydrogens (tertiary/aromatic N) is 1. The van der Waals surface area contributed by atoms with Crippen LogP contribution in [-0.2, 0) is 20.9 Å². The molecule has 1 amide bonds. The van der Waals surface area contributed by atoms with Crippen LogP contribution in [0, 0.1) is 0 Å². The number of nitrogens with one attached hydrogen (secondary N) is 1. The molecular weight excluding hydrogens is 631 g/mol. The van der Waals surface area contributed by atoms with Gasteiger partial charge in [-0.1, -0.05) is 149 Å². The number of carbonyl (C=O) groups excluding carboxylic acids is 1. The van der Waals surface area contributed by atoms with Crippen molar-refractivity contribution in [1.82, 2.24) is 4.90 Å². The van der Waals surface area contributed by atoms with Crippen molar-refractivity contribution in [3.8, 4) is 0 Å². The number of carbonyl (C=O) groups is 1. The number of aliphatic hydroxyl groups is 1. The van der Waals surface area contributed by atoms with Crippen LogP contribution in [0.4, 0.5) is 5.69 Å². The Morgan fingerprint density at radius 3 is 1.87 bits per heavy atom. The topological polar surface area (TPSA) is 71.0 Å². The van der Waals surface area contributed by atoms with Crippen molar-refractivity contribution in [2.45, 2.75) is 126 Å². The highest BCUT2D eigenvalue weighted by Gasteiger charge is 2.34. The van der Waals surface area contributed by atoms with Crippen molar-refractivity contribution in [3.63, 3.8) is 0 Å². The van der Waals surface area contributed by atoms with Crippen LogP contribution >= 0.6 is 34.8 Å². The average Bonchev–Trinajstić information content (AvgIpc) is 3.04. The van der Waals surface area contributed by atoms with Gasteiger partial charge in [-0.05, 0) is 49.2 Å². The molecule has 2 aromatic rings. The van der Waals surface area contributed by atoms with E-state index in [4.69, 9.17) is 44.3 Å². The number of halogens is 3. The average molecular weight is 684 g/mol. The predicted octanol–water partition coefficient (Wildman–Crippen LogP) is 10.1. The number of benzene rings is 2. The zero-order chi connectivity index (χ0) is 32.5. The highest BCUT2D eigenvalue weighted by atomic mass is 35.6. The van der Waals surface area contributed by atoms with Gasteiger partial charge in [-0.3, -0.25) is 4.79 Å². The summed E-state index contributed by atoms with van der Waals surface area (Å²) in [6.07, 6.45) is 15.4. The van der Waals surface area contributed by atoms with Crippen LogP contribution in [0.25, 0.3) is 0 Å². The van der Waals surface area contributed by atoms with E-state index < -0.39 is 16.0 Å². The number of unbranched alkanes of at least 4 members (excludes halogenated alkanes) is 10. The molecule has 0 aromatic heterocycles. The molecule has 0 radical (unpaired) electrons. The molecule has 252 valence electrons. The van der Waals surface area contributed by atoms with Gasteiger partial charge < -0.3 is 24.8 Å². The van der Waals surface area contributed by atoms with Crippen LogP contribution in [-0.4, -0.2) is 45.4 Å². The molecule has 2 aromatic carbocycles. The van der Waals surface area contributed by atoms with Gasteiger partial charge in [-0.2, -0.15) is 0 Å². The Hall–Kier alpha value is -1.38. The Morgan fingerprint density at radius 2 is 1.33 bits per heavy atom. The third-order valence-corrected chi connectivity index (χ3v) is 8.95. The number of alkyl halides is 3. The molecule has 2 N–H and O–H groups in total. The summed E-state index contributed by atoms with van der Waals surface area (Å²) in [5, 5.41) is 12.2. The van der Waals surface area contributed by atoms with Gasteiger partial charge in [0.25, 0.3) is 9.70 Å². The van der Waals surface area contributed by atoms with Crippen LogP contribution in [0.5, 0.6) is 0 Å². The highest BCUT2D eigenvalue weighted by Crippen LogP contribution is 2.38. The Balaban J connectivity index is 1.72. The number of hydrogen-bond acceptors (Lipinski definition) is 5. The number of amides is 1. The maximum atomic E-state index is 12.1. The van der Waals surface area contributed by atoms with Crippen LogP contribution in [0.2, 0.25) is 0 Å². The van der Waals surface area contributed by atoms with E-state index in [0.717, 1.165) is 42.7 Å². The molecule has 1 aliphatic rings. The Bertz CT molecular complexity index is 1080. The minimum Gasteiger partial charge on any atom is -0.392 e. The first kappa shape index (κ1) is 38.1. The SMILES string of the molecule is CCCCCCCCN(CCCCCCCC)C[C@H]1C[C@@H](c2ccc(CO)cc2)O[C@@H](c2ccc(NC(=O)C(Cl)(Cl)Cl)cc2)O1. The third kappa shape index (κ3) is 14.1. The fourth-order valence-corrected chi connectivity index (χ4v) is 5.91. The first-order valence-electron chi connectivity index (χ1n) is 16.9. The summed E-state index contributed by atoms with van der Waals surface area (Å²) in [7, 11) is 0. The summed E-state index contributed by atoms with van der Waals surface area (Å²) in [5.74, 6) is -0.715. The Morgan fingerprint density at radius 1 is 0.800 bits per heavy atom. The van der Waals surface area contributed by atoms with Gasteiger partial charge in [0.15, 0.2) is 6.29 Å². The van der Waals surface area contributed by atoms with Crippen molar-refractivity contribution in [2.24, 2.45) is 0 Å². The van der Waals surface area contributed by atoms with Gasteiger partial charge in [0, 0.05) is 24.2 Å². The maximum absolute atomic E-state index is 12.1. The monoisotopic (exact) mass is 682 g/mol. The van der Waals surface area contributed by atoms with Crippen molar-refractivity contribution >= 4 is 46.4 Å². The number of aliphatic hydroxyl groups excluding tert-OH is 1. The summed E-state index contributed by atoms with van der Waals surface area (Å²) in [6, 6.07) is 15.2. The summed E-state index contributed by atoms with van der Waals surface area (Å²) in [4.78, 5) is 14.7. The largest absolute Gasteiger partial charge is 0.392 e. The van der Waals surface area contributed by atoms with E-state index in [0.29, 0.717) is 5.69 Å². The molecule has 3 atom stereocenters. The lowest BCUT2D eigenvalue weighted by Crippen LogP contribution is -2.40. The lowest BCUT2D eigenvalue weighted by atomic mass is 9.99. The molecule has 0 bridgehead atoms. The van der Waals surface area contributed by atoms with Crippen molar-refractivity contribution in [2.75, 3.05) is 25.0 Å². The van der Waals surface area contributed by atoms with Crippen LogP contribution < -0.4 is 5.32 Å². The molecule has 9 heteroatoms. The molecule has 1 aliphatic heterocycles. The van der Waals surface area contributed by atoms with E-state index in [1.165, 1.54) is 77.0 Å². The lowest BCUT2D eigenvalue weighted by Gasteiger charge is -2.38. The lowest BCUT2D eigenvalue weighted by molar-refractivity contribution is -0.253. The quantitative estimate of drug-likeness (QED) is 0.107. The number of hydrogen-bond donors (Lipinski definition) is 2. The van der Waals surface area contributed by atoms with Crippen molar-refractivity contribution in [3.05, 3.63) is 65.2 Å². The molecule has 45 heavy (non-hydrogen) atoms. The normalized spacial score (nSPS) is 18.8. The molecule has 0 spiro atoms. The molecule has 0 aliphatic carbocycles. The molecule has 1 saturated heterocycles. The fraction of sp³-hybridized carbons (Fsp3) is 0.639. The minimum atomic E-state index is -2.04. The van der Waals surface area contributed by atoms with E-state index >= 15 is 0 Å². The second kappa shape index (κ2) is 20.8. The minimum absolute atomic E-state index is 0.00712. The van der Waals surface area contributed by atoms with Gasteiger partial charge >= 0.3 is 0 Å². The first-order valence-corrected chi connectivity index (χ1v) is 18.1. The van der Waals surface area contributed by atoms with E-state index in [1.54, 1.807) is 12.1 Å². The molecule has 0 unspecified atom stereocenters. The molecule has 1 fully saturated rings. The van der Waals surface area contributed by atoms with E-state index in [9.17, 15) is 9.90 Å². The first-order chi connectivity index (χ1) is 21.7. The van der Waals surface area contributed by atoms with Crippen LogP contribution in [0.15, 0.2) is 48.5 Å². The summed E-state index contributed by atoms with van der Waals surface area (Å²) < 4.78 is 11.1. The zero-order valence-electron chi connectivity index (χ0n) is 27.1. The second-order valence-electron chi connectivity index (χ2n) is 12.3. The predicted molar refractivity (Wildman–Crippen MR) is 187 cm³/mol. The maximum Gasteiger partial charge on any atom is 0.276 e. The standard InChI is InChI=1S/C36H53Cl3N2O4/c1-3-5-7-9-11-13-23-41(24-14-12-10-8-6-4-2)26-32-25-33(29-17-15-28(27-42)16-18-29)45-34(44-32)30-19-21-31(22-20-30)40-35(43)36(37,38)39/h15-22,32-34,42H,3-14,23-27H2,1-2H3,(H,40,43)/t32-,33+,34+/m1/s1. The molecule has 0 saturated carbocycles. The fourth-order valence-electron chi connectivity index (χ4n) is 5.77. The van der Waals surface area contributed by atoms with Crippen molar-refractivity contribution in [1.29, 1.82) is 0 Å². The smallest absolute Gasteiger partial charge is 0.276 e. The summed E-state index contributed by atoms with van der Waals surface area (Å²) in [6.45, 7) is 7.55. The van der Waals surface area contributed by atoms with Gasteiger partial charge in [0.05, 0.1) is 18.8 Å². The van der Waals surface area contributed by atoms with Gasteiger partial charge in [0.1, 0.15) is 0 Å².